The highest BCUT2D eigenvalue weighted by Gasteiger charge is 2.31. The minimum atomic E-state index is -3.09. The smallest absolute Gasteiger partial charge is 0.305 e. The Bertz CT molecular complexity index is 929. The average molecular weight is 343 g/mol. The molecule has 1 aliphatic rings. The second-order valence-corrected chi connectivity index (χ2v) is 6.67. The van der Waals surface area contributed by atoms with Crippen LogP contribution in [-0.2, 0) is 18.8 Å². The lowest BCUT2D eigenvalue weighted by molar-refractivity contribution is 0.00800. The normalized spacial score (nSPS) is 17.5. The number of nitrogens with one attached hydrogen (secondary N) is 1. The molecule has 3 aromatic rings. The summed E-state index contributed by atoms with van der Waals surface area (Å²) in [5.74, 6) is -2.77. The van der Waals surface area contributed by atoms with Crippen molar-refractivity contribution in [3.8, 4) is 0 Å². The summed E-state index contributed by atoms with van der Waals surface area (Å²) in [7, 11) is 0. The van der Waals surface area contributed by atoms with Gasteiger partial charge in [-0.2, -0.15) is 18.3 Å². The van der Waals surface area contributed by atoms with E-state index in [1.807, 2.05) is 19.1 Å². The topological polar surface area (TPSA) is 55.1 Å². The molecule has 7 heteroatoms. The minimum Gasteiger partial charge on any atom is -0.367 e. The quantitative estimate of drug-likeness (QED) is 0.791. The molecule has 0 saturated carbocycles. The molecule has 5 nitrogen and oxygen atoms in total. The molecule has 2 aromatic heterocycles. The molecule has 25 heavy (non-hydrogen) atoms. The van der Waals surface area contributed by atoms with Crippen molar-refractivity contribution in [2.24, 2.45) is 0 Å². The van der Waals surface area contributed by atoms with Crippen LogP contribution in [0.3, 0.4) is 0 Å². The minimum absolute atomic E-state index is 0.190. The van der Waals surface area contributed by atoms with E-state index in [4.69, 9.17) is 0 Å². The van der Waals surface area contributed by atoms with Gasteiger partial charge in [0.15, 0.2) is 0 Å². The third-order valence-corrected chi connectivity index (χ3v) is 4.53. The van der Waals surface area contributed by atoms with Crippen molar-refractivity contribution in [2.45, 2.75) is 45.1 Å². The van der Waals surface area contributed by atoms with Crippen molar-refractivity contribution in [1.29, 1.82) is 0 Å². The predicted octanol–water partition coefficient (Wildman–Crippen LogP) is 3.51. The Morgan fingerprint density at radius 1 is 1.20 bits per heavy atom. The number of aryl methyl sites for hydroxylation is 2. The molecule has 0 saturated heterocycles. The number of alkyl halides is 2. The number of benzene rings is 1. The largest absolute Gasteiger partial charge is 0.367 e. The van der Waals surface area contributed by atoms with Crippen molar-refractivity contribution >= 4 is 11.6 Å². The molecule has 0 amide bonds. The fraction of sp³-hybridized carbons (Fsp3) is 0.389. The summed E-state index contributed by atoms with van der Waals surface area (Å²) in [5.41, 5.74) is 3.42. The molecule has 1 aromatic carbocycles. The van der Waals surface area contributed by atoms with E-state index in [0.29, 0.717) is 11.5 Å². The van der Waals surface area contributed by atoms with Crippen LogP contribution >= 0.6 is 0 Å². The highest BCUT2D eigenvalue weighted by Crippen LogP contribution is 2.27. The molecule has 1 unspecified atom stereocenters. The van der Waals surface area contributed by atoms with Crippen LogP contribution in [0.2, 0.25) is 0 Å². The number of fused-ring (bicyclic) bond motifs is 2. The van der Waals surface area contributed by atoms with Crippen LogP contribution in [0.4, 0.5) is 14.6 Å². The first-order valence-electron chi connectivity index (χ1n) is 8.36. The number of rotatable bonds is 3. The van der Waals surface area contributed by atoms with E-state index in [1.54, 1.807) is 0 Å². The number of halogens is 2. The molecule has 0 radical (unpaired) electrons. The fourth-order valence-electron chi connectivity index (χ4n) is 3.31. The molecular weight excluding hydrogens is 324 g/mol. The second kappa shape index (κ2) is 5.75. The third-order valence-electron chi connectivity index (χ3n) is 4.53. The van der Waals surface area contributed by atoms with Gasteiger partial charge in [-0.15, -0.1) is 5.10 Å². The molecule has 1 N–H and O–H groups in total. The lowest BCUT2D eigenvalue weighted by Crippen LogP contribution is -2.28. The average Bonchev–Trinajstić information content (AvgIpc) is 2.99. The molecular formula is C18H19F2N5. The van der Waals surface area contributed by atoms with Crippen LogP contribution in [0.25, 0.3) is 5.78 Å². The van der Waals surface area contributed by atoms with E-state index in [0.717, 1.165) is 26.2 Å². The summed E-state index contributed by atoms with van der Waals surface area (Å²) in [6, 6.07) is 10.4. The summed E-state index contributed by atoms with van der Waals surface area (Å²) in [6.45, 7) is 2.61. The first-order valence-corrected chi connectivity index (χ1v) is 8.36. The Balaban J connectivity index is 1.66. The number of aromatic nitrogens is 4. The van der Waals surface area contributed by atoms with Crippen molar-refractivity contribution in [2.75, 3.05) is 5.32 Å². The third kappa shape index (κ3) is 3.06. The van der Waals surface area contributed by atoms with Gasteiger partial charge in [-0.1, -0.05) is 24.3 Å². The number of hydrogen-bond donors (Lipinski definition) is 1. The maximum Gasteiger partial charge on any atom is 0.305 e. The van der Waals surface area contributed by atoms with E-state index < -0.39 is 11.7 Å². The van der Waals surface area contributed by atoms with Crippen molar-refractivity contribution in [3.05, 3.63) is 53.0 Å². The number of hydrogen-bond acceptors (Lipinski definition) is 4. The lowest BCUT2D eigenvalue weighted by Gasteiger charge is -2.26. The van der Waals surface area contributed by atoms with Crippen LogP contribution in [0.1, 0.15) is 36.0 Å². The first-order chi connectivity index (χ1) is 11.9. The van der Waals surface area contributed by atoms with Gasteiger partial charge in [0.25, 0.3) is 5.78 Å². The SMILES string of the molecule is Cc1cc(NC2CCc3ccccc3C2)n2nc(C(C)(F)F)nc2n1. The zero-order chi connectivity index (χ0) is 17.6. The van der Waals surface area contributed by atoms with E-state index in [-0.39, 0.29) is 11.8 Å². The summed E-state index contributed by atoms with van der Waals surface area (Å²) in [5, 5.41) is 7.41. The van der Waals surface area contributed by atoms with Crippen LogP contribution in [0, 0.1) is 6.92 Å². The van der Waals surface area contributed by atoms with Crippen molar-refractivity contribution < 1.29 is 8.78 Å². The molecule has 1 atom stereocenters. The molecule has 130 valence electrons. The summed E-state index contributed by atoms with van der Waals surface area (Å²) < 4.78 is 28.5. The fourth-order valence-corrected chi connectivity index (χ4v) is 3.31. The number of nitrogens with zero attached hydrogens (tertiary/aromatic N) is 4. The van der Waals surface area contributed by atoms with Gasteiger partial charge in [0.05, 0.1) is 0 Å². The molecule has 2 heterocycles. The molecule has 0 spiro atoms. The van der Waals surface area contributed by atoms with Gasteiger partial charge in [-0.3, -0.25) is 0 Å². The van der Waals surface area contributed by atoms with Gasteiger partial charge in [-0.05, 0) is 37.3 Å². The van der Waals surface area contributed by atoms with Gasteiger partial charge < -0.3 is 5.32 Å². The van der Waals surface area contributed by atoms with E-state index in [9.17, 15) is 8.78 Å². The maximum absolute atomic E-state index is 13.6. The van der Waals surface area contributed by atoms with Gasteiger partial charge in [0.2, 0.25) is 5.82 Å². The molecule has 0 fully saturated rings. The van der Waals surface area contributed by atoms with Gasteiger partial charge in [0, 0.05) is 24.7 Å². The Labute approximate surface area is 144 Å². The van der Waals surface area contributed by atoms with Gasteiger partial charge in [0.1, 0.15) is 5.82 Å². The number of anilines is 1. The second-order valence-electron chi connectivity index (χ2n) is 6.67. The van der Waals surface area contributed by atoms with E-state index in [2.05, 4.69) is 38.6 Å². The maximum atomic E-state index is 13.6. The molecule has 0 bridgehead atoms. The molecule has 0 aliphatic heterocycles. The van der Waals surface area contributed by atoms with Crippen molar-refractivity contribution in [3.63, 3.8) is 0 Å². The van der Waals surface area contributed by atoms with Gasteiger partial charge in [-0.25, -0.2) is 4.98 Å². The highest BCUT2D eigenvalue weighted by molar-refractivity contribution is 5.47. The standard InChI is InChI=1S/C18H19F2N5/c1-11-9-15(25-17(21-11)23-16(24-25)18(2,19)20)22-14-8-7-12-5-3-4-6-13(12)10-14/h3-6,9,14,22H,7-8,10H2,1-2H3. The van der Waals surface area contributed by atoms with Gasteiger partial charge >= 0.3 is 5.92 Å². The van der Waals surface area contributed by atoms with Crippen LogP contribution in [0.15, 0.2) is 30.3 Å². The lowest BCUT2D eigenvalue weighted by atomic mass is 9.88. The van der Waals surface area contributed by atoms with Crippen LogP contribution in [-0.4, -0.2) is 25.6 Å². The molecule has 4 rings (SSSR count). The van der Waals surface area contributed by atoms with Crippen molar-refractivity contribution in [1.82, 2.24) is 19.6 Å². The van der Waals surface area contributed by atoms with Crippen LogP contribution in [0.5, 0.6) is 0 Å². The highest BCUT2D eigenvalue weighted by atomic mass is 19.3. The van der Waals surface area contributed by atoms with Crippen LogP contribution < -0.4 is 5.32 Å². The zero-order valence-corrected chi connectivity index (χ0v) is 14.1. The summed E-state index contributed by atoms with van der Waals surface area (Å²) >= 11 is 0. The zero-order valence-electron chi connectivity index (χ0n) is 14.1. The molecule has 1 aliphatic carbocycles. The Morgan fingerprint density at radius 3 is 2.72 bits per heavy atom. The Hall–Kier alpha value is -2.57. The monoisotopic (exact) mass is 343 g/mol. The first kappa shape index (κ1) is 15.9. The predicted molar refractivity (Wildman–Crippen MR) is 91.0 cm³/mol. The Morgan fingerprint density at radius 2 is 1.96 bits per heavy atom. The summed E-state index contributed by atoms with van der Waals surface area (Å²) in [6.07, 6.45) is 2.87. The Kier molecular flexibility index (Phi) is 3.67. The van der Waals surface area contributed by atoms with E-state index in [1.165, 1.54) is 15.6 Å². The summed E-state index contributed by atoms with van der Waals surface area (Å²) in [4.78, 5) is 8.10. The van der Waals surface area contributed by atoms with E-state index >= 15 is 0 Å².